The van der Waals surface area contributed by atoms with Gasteiger partial charge in [0.1, 0.15) is 11.7 Å². The molecule has 14 heavy (non-hydrogen) atoms. The molecule has 1 fully saturated rings. The lowest BCUT2D eigenvalue weighted by Crippen LogP contribution is -2.17. The van der Waals surface area contributed by atoms with Gasteiger partial charge in [0.25, 0.3) is 0 Å². The normalized spacial score (nSPS) is 15.2. The Balaban J connectivity index is 2.35. The lowest BCUT2D eigenvalue weighted by molar-refractivity contribution is 0.625. The van der Waals surface area contributed by atoms with E-state index in [1.54, 1.807) is 12.1 Å². The number of hydrogen-bond donors (Lipinski definition) is 3. The van der Waals surface area contributed by atoms with Gasteiger partial charge in [0, 0.05) is 11.7 Å². The summed E-state index contributed by atoms with van der Waals surface area (Å²) in [6.07, 6.45) is 2.21. The lowest BCUT2D eigenvalue weighted by Gasteiger charge is -2.10. The van der Waals surface area contributed by atoms with Crippen LogP contribution in [0.15, 0.2) is 18.2 Å². The van der Waals surface area contributed by atoms with Gasteiger partial charge < -0.3 is 11.1 Å². The standard InChI is InChI=1S/C10H12FN3/c11-7-2-1-3-8(9(7)10(12)13)14-6-4-5-6/h1-3,6,14H,4-5H2,(H3,12,13). The molecule has 1 saturated carbocycles. The van der Waals surface area contributed by atoms with Crippen LogP contribution in [0.3, 0.4) is 0 Å². The molecule has 1 aromatic rings. The van der Waals surface area contributed by atoms with Crippen molar-refractivity contribution in [1.82, 2.24) is 0 Å². The quantitative estimate of drug-likeness (QED) is 0.505. The molecule has 1 aliphatic rings. The van der Waals surface area contributed by atoms with Crippen LogP contribution in [0, 0.1) is 11.2 Å². The number of nitrogens with two attached hydrogens (primary N) is 1. The first-order chi connectivity index (χ1) is 6.68. The summed E-state index contributed by atoms with van der Waals surface area (Å²) in [6.45, 7) is 0. The first-order valence-corrected chi connectivity index (χ1v) is 4.58. The second-order valence-corrected chi connectivity index (χ2v) is 3.49. The molecule has 1 aromatic carbocycles. The largest absolute Gasteiger partial charge is 0.384 e. The number of anilines is 1. The summed E-state index contributed by atoms with van der Waals surface area (Å²) in [4.78, 5) is 0. The van der Waals surface area contributed by atoms with Crippen LogP contribution >= 0.6 is 0 Å². The fourth-order valence-electron chi connectivity index (χ4n) is 1.37. The van der Waals surface area contributed by atoms with Crippen LogP contribution in [0.4, 0.5) is 10.1 Å². The molecule has 74 valence electrons. The van der Waals surface area contributed by atoms with Gasteiger partial charge in [0.15, 0.2) is 0 Å². The predicted octanol–water partition coefficient (Wildman–Crippen LogP) is 1.68. The fraction of sp³-hybridized carbons (Fsp3) is 0.300. The van der Waals surface area contributed by atoms with Crippen LogP contribution in [0.5, 0.6) is 0 Å². The summed E-state index contributed by atoms with van der Waals surface area (Å²) in [5.74, 6) is -0.672. The highest BCUT2D eigenvalue weighted by atomic mass is 19.1. The zero-order chi connectivity index (χ0) is 10.1. The highest BCUT2D eigenvalue weighted by Crippen LogP contribution is 2.27. The van der Waals surface area contributed by atoms with Gasteiger partial charge in [-0.05, 0) is 25.0 Å². The van der Waals surface area contributed by atoms with Crippen molar-refractivity contribution >= 4 is 11.5 Å². The Labute approximate surface area is 81.6 Å². The molecule has 0 saturated heterocycles. The topological polar surface area (TPSA) is 61.9 Å². The van der Waals surface area contributed by atoms with Crippen LogP contribution in [0.25, 0.3) is 0 Å². The van der Waals surface area contributed by atoms with Crippen molar-refractivity contribution in [1.29, 1.82) is 5.41 Å². The molecule has 0 amide bonds. The van der Waals surface area contributed by atoms with E-state index in [4.69, 9.17) is 11.1 Å². The van der Waals surface area contributed by atoms with Crippen molar-refractivity contribution in [2.75, 3.05) is 5.32 Å². The number of nitrogen functional groups attached to an aromatic ring is 1. The van der Waals surface area contributed by atoms with Gasteiger partial charge in [-0.1, -0.05) is 6.07 Å². The first kappa shape index (κ1) is 8.99. The summed E-state index contributed by atoms with van der Waals surface area (Å²) in [5, 5.41) is 10.4. The van der Waals surface area contributed by atoms with Gasteiger partial charge in [-0.15, -0.1) is 0 Å². The smallest absolute Gasteiger partial charge is 0.136 e. The average molecular weight is 193 g/mol. The molecule has 0 radical (unpaired) electrons. The number of benzene rings is 1. The Morgan fingerprint density at radius 3 is 2.79 bits per heavy atom. The number of amidine groups is 1. The second kappa shape index (κ2) is 3.29. The lowest BCUT2D eigenvalue weighted by atomic mass is 10.1. The van der Waals surface area contributed by atoms with Gasteiger partial charge in [-0.3, -0.25) is 5.41 Å². The van der Waals surface area contributed by atoms with Gasteiger partial charge in [0.05, 0.1) is 5.56 Å². The molecule has 0 atom stereocenters. The highest BCUT2D eigenvalue weighted by Gasteiger charge is 2.23. The van der Waals surface area contributed by atoms with Gasteiger partial charge in [-0.2, -0.15) is 0 Å². The van der Waals surface area contributed by atoms with Crippen LogP contribution in [-0.4, -0.2) is 11.9 Å². The molecule has 4 heteroatoms. The summed E-state index contributed by atoms with van der Waals surface area (Å²) in [5.41, 5.74) is 6.12. The number of hydrogen-bond acceptors (Lipinski definition) is 2. The predicted molar refractivity (Wildman–Crippen MR) is 54.1 cm³/mol. The summed E-state index contributed by atoms with van der Waals surface area (Å²) in [6, 6.07) is 5.11. The van der Waals surface area contributed by atoms with Crippen molar-refractivity contribution in [2.45, 2.75) is 18.9 Å². The molecule has 0 heterocycles. The van der Waals surface area contributed by atoms with E-state index in [1.165, 1.54) is 6.07 Å². The minimum Gasteiger partial charge on any atom is -0.384 e. The minimum absolute atomic E-state index is 0.180. The molecule has 4 N–H and O–H groups in total. The van der Waals surface area contributed by atoms with Crippen LogP contribution < -0.4 is 11.1 Å². The Morgan fingerprint density at radius 2 is 2.21 bits per heavy atom. The third kappa shape index (κ3) is 1.69. The molecular formula is C10H12FN3. The molecule has 0 spiro atoms. The van der Waals surface area contributed by atoms with Crippen molar-refractivity contribution in [3.63, 3.8) is 0 Å². The van der Waals surface area contributed by atoms with Gasteiger partial charge in [0.2, 0.25) is 0 Å². The molecule has 0 aromatic heterocycles. The minimum atomic E-state index is -0.442. The molecule has 2 rings (SSSR count). The van der Waals surface area contributed by atoms with Gasteiger partial charge in [-0.25, -0.2) is 4.39 Å². The maximum absolute atomic E-state index is 13.3. The number of rotatable bonds is 3. The SMILES string of the molecule is N=C(N)c1c(F)cccc1NC1CC1. The number of halogens is 1. The van der Waals surface area contributed by atoms with E-state index in [0.717, 1.165) is 12.8 Å². The first-order valence-electron chi connectivity index (χ1n) is 4.58. The third-order valence-corrected chi connectivity index (χ3v) is 2.22. The van der Waals surface area contributed by atoms with E-state index in [9.17, 15) is 4.39 Å². The number of nitrogens with one attached hydrogen (secondary N) is 2. The van der Waals surface area contributed by atoms with E-state index in [2.05, 4.69) is 5.32 Å². The molecule has 0 aliphatic heterocycles. The maximum Gasteiger partial charge on any atom is 0.136 e. The molecular weight excluding hydrogens is 181 g/mol. The zero-order valence-corrected chi connectivity index (χ0v) is 7.68. The maximum atomic E-state index is 13.3. The van der Waals surface area contributed by atoms with Crippen LogP contribution in [0.1, 0.15) is 18.4 Å². The summed E-state index contributed by atoms with van der Waals surface area (Å²) >= 11 is 0. The van der Waals surface area contributed by atoms with Crippen molar-refractivity contribution in [2.24, 2.45) is 5.73 Å². The average Bonchev–Trinajstić information content (AvgIpc) is 2.87. The van der Waals surface area contributed by atoms with Gasteiger partial charge >= 0.3 is 0 Å². The van der Waals surface area contributed by atoms with E-state index >= 15 is 0 Å². The van der Waals surface area contributed by atoms with E-state index in [1.807, 2.05) is 0 Å². The summed E-state index contributed by atoms with van der Waals surface area (Å²) in [7, 11) is 0. The van der Waals surface area contributed by atoms with Crippen molar-refractivity contribution in [3.8, 4) is 0 Å². The Hall–Kier alpha value is -1.58. The third-order valence-electron chi connectivity index (χ3n) is 2.22. The molecule has 0 unspecified atom stereocenters. The fourth-order valence-corrected chi connectivity index (χ4v) is 1.37. The molecule has 1 aliphatic carbocycles. The Kier molecular flexibility index (Phi) is 2.11. The highest BCUT2D eigenvalue weighted by molar-refractivity contribution is 6.00. The van der Waals surface area contributed by atoms with Crippen molar-refractivity contribution < 1.29 is 4.39 Å². The summed E-state index contributed by atoms with van der Waals surface area (Å²) < 4.78 is 13.3. The Morgan fingerprint density at radius 1 is 1.50 bits per heavy atom. The van der Waals surface area contributed by atoms with Crippen molar-refractivity contribution in [3.05, 3.63) is 29.6 Å². The Bertz CT molecular complexity index is 372. The van der Waals surface area contributed by atoms with Crippen LogP contribution in [0.2, 0.25) is 0 Å². The monoisotopic (exact) mass is 193 g/mol. The van der Waals surface area contributed by atoms with E-state index < -0.39 is 5.82 Å². The van der Waals surface area contributed by atoms with E-state index in [0.29, 0.717) is 11.7 Å². The van der Waals surface area contributed by atoms with Crippen LogP contribution in [-0.2, 0) is 0 Å². The zero-order valence-electron chi connectivity index (χ0n) is 7.68. The molecule has 3 nitrogen and oxygen atoms in total. The molecule has 0 bridgehead atoms. The van der Waals surface area contributed by atoms with E-state index in [-0.39, 0.29) is 11.4 Å². The second-order valence-electron chi connectivity index (χ2n) is 3.49.